The topological polar surface area (TPSA) is 130 Å². The number of aromatic amines is 1. The van der Waals surface area contributed by atoms with Crippen molar-refractivity contribution >= 4 is 39.9 Å². The zero-order valence-electron chi connectivity index (χ0n) is 18.3. The molecule has 4 aromatic heterocycles. The molecule has 0 saturated heterocycles. The van der Waals surface area contributed by atoms with E-state index in [4.69, 9.17) is 4.74 Å². The van der Waals surface area contributed by atoms with Gasteiger partial charge in [-0.25, -0.2) is 15.0 Å². The molecule has 1 aromatic carbocycles. The molecule has 0 aliphatic rings. The second-order valence-corrected chi connectivity index (χ2v) is 7.19. The van der Waals surface area contributed by atoms with Gasteiger partial charge in [0.25, 0.3) is 0 Å². The first-order chi connectivity index (χ1) is 16.2. The first kappa shape index (κ1) is 20.2. The minimum atomic E-state index is 0.578. The fourth-order valence-electron chi connectivity index (χ4n) is 3.58. The third-order valence-electron chi connectivity index (χ3n) is 5.02. The number of aryl methyl sites for hydroxylation is 1. The molecule has 5 aromatic rings. The number of ether oxygens (including phenoxy) is 1. The van der Waals surface area contributed by atoms with Crippen molar-refractivity contribution < 1.29 is 4.74 Å². The van der Waals surface area contributed by atoms with Gasteiger partial charge in [0.1, 0.15) is 18.0 Å². The van der Waals surface area contributed by atoms with Gasteiger partial charge in [-0.1, -0.05) is 12.1 Å². The normalized spacial score (nSPS) is 10.9. The highest BCUT2D eigenvalue weighted by Gasteiger charge is 2.18. The van der Waals surface area contributed by atoms with Gasteiger partial charge in [-0.15, -0.1) is 0 Å². The van der Waals surface area contributed by atoms with Crippen molar-refractivity contribution in [1.29, 1.82) is 0 Å². The molecule has 5 rings (SSSR count). The van der Waals surface area contributed by atoms with E-state index in [0.29, 0.717) is 34.7 Å². The number of para-hydroxylation sites is 1. The van der Waals surface area contributed by atoms with Gasteiger partial charge in [-0.3, -0.25) is 9.78 Å². The maximum atomic E-state index is 5.76. The number of anilines is 5. The fraction of sp³-hybridized carbons (Fsp3) is 0.136. The van der Waals surface area contributed by atoms with E-state index in [1.54, 1.807) is 24.3 Å². The molecule has 0 spiro atoms. The Labute approximate surface area is 189 Å². The number of benzene rings is 1. The van der Waals surface area contributed by atoms with Crippen LogP contribution in [0.25, 0.3) is 22.4 Å². The Morgan fingerprint density at radius 3 is 2.64 bits per heavy atom. The lowest BCUT2D eigenvalue weighted by molar-refractivity contribution is 0.418. The van der Waals surface area contributed by atoms with Crippen molar-refractivity contribution in [2.75, 3.05) is 30.1 Å². The third kappa shape index (κ3) is 3.87. The zero-order valence-corrected chi connectivity index (χ0v) is 18.3. The maximum absolute atomic E-state index is 5.76. The van der Waals surface area contributed by atoms with E-state index >= 15 is 0 Å². The van der Waals surface area contributed by atoms with Crippen molar-refractivity contribution in [1.82, 2.24) is 34.9 Å². The summed E-state index contributed by atoms with van der Waals surface area (Å²) in [4.78, 5) is 13.3. The molecule has 0 saturated carbocycles. The number of nitrogens with one attached hydrogen (secondary N) is 4. The average molecular weight is 442 g/mol. The van der Waals surface area contributed by atoms with Crippen LogP contribution in [0.1, 0.15) is 0 Å². The van der Waals surface area contributed by atoms with E-state index in [1.165, 1.54) is 0 Å². The van der Waals surface area contributed by atoms with E-state index in [1.807, 2.05) is 56.6 Å². The van der Waals surface area contributed by atoms with Gasteiger partial charge in [-0.05, 0) is 24.3 Å². The van der Waals surface area contributed by atoms with Crippen molar-refractivity contribution in [3.05, 3.63) is 55.0 Å². The second-order valence-electron chi connectivity index (χ2n) is 7.19. The molecule has 11 heteroatoms. The predicted octanol–water partition coefficient (Wildman–Crippen LogP) is 3.69. The molecule has 4 heterocycles. The summed E-state index contributed by atoms with van der Waals surface area (Å²) < 4.78 is 7.41. The molecule has 0 atom stereocenters. The van der Waals surface area contributed by atoms with Crippen molar-refractivity contribution in [2.45, 2.75) is 0 Å². The van der Waals surface area contributed by atoms with E-state index in [-0.39, 0.29) is 0 Å². The third-order valence-corrected chi connectivity index (χ3v) is 5.02. The highest BCUT2D eigenvalue weighted by molar-refractivity contribution is 6.01. The summed E-state index contributed by atoms with van der Waals surface area (Å²) in [6, 6.07) is 13.3. The molecule has 0 fully saturated rings. The summed E-state index contributed by atoms with van der Waals surface area (Å²) in [6.07, 6.45) is 3.37. The van der Waals surface area contributed by atoms with Gasteiger partial charge < -0.3 is 20.7 Å². The SMILES string of the molecule is CNc1n[nH]c2nc(Nc3ccccn3)cc(Nc3cccc(-c4ncn(C)n4)c3OC)c12. The standard InChI is InChI=1S/C22H22N10O/c1-23-21-18-15(11-17(28-22(18)30-29-21)27-16-9-4-5-10-24-16)26-14-8-6-7-13(19(14)33-3)20-25-12-32(2)31-20/h4-12H,1-3H3,(H4,23,24,26,27,28,29,30). The van der Waals surface area contributed by atoms with E-state index < -0.39 is 0 Å². The smallest absolute Gasteiger partial charge is 0.184 e. The molecule has 0 aliphatic carbocycles. The van der Waals surface area contributed by atoms with E-state index in [9.17, 15) is 0 Å². The minimum absolute atomic E-state index is 0.578. The lowest BCUT2D eigenvalue weighted by atomic mass is 10.1. The Kier molecular flexibility index (Phi) is 5.19. The number of rotatable bonds is 7. The van der Waals surface area contributed by atoms with Gasteiger partial charge in [0, 0.05) is 26.4 Å². The van der Waals surface area contributed by atoms with Gasteiger partial charge in [0.2, 0.25) is 0 Å². The minimum Gasteiger partial charge on any atom is -0.494 e. The van der Waals surface area contributed by atoms with Crippen LogP contribution in [-0.2, 0) is 7.05 Å². The molecule has 33 heavy (non-hydrogen) atoms. The summed E-state index contributed by atoms with van der Waals surface area (Å²) in [7, 11) is 5.26. The predicted molar refractivity (Wildman–Crippen MR) is 127 cm³/mol. The van der Waals surface area contributed by atoms with Crippen LogP contribution in [0.3, 0.4) is 0 Å². The van der Waals surface area contributed by atoms with Crippen molar-refractivity contribution in [3.8, 4) is 17.1 Å². The van der Waals surface area contributed by atoms with Crippen LogP contribution in [0.4, 0.5) is 28.8 Å². The van der Waals surface area contributed by atoms with E-state index in [2.05, 4.69) is 46.2 Å². The van der Waals surface area contributed by atoms with Crippen LogP contribution in [0, 0.1) is 0 Å². The summed E-state index contributed by atoms with van der Waals surface area (Å²) in [5.74, 6) is 3.17. The van der Waals surface area contributed by atoms with Crippen molar-refractivity contribution in [3.63, 3.8) is 0 Å². The number of hydrogen-bond acceptors (Lipinski definition) is 9. The molecule has 0 radical (unpaired) electrons. The lowest BCUT2D eigenvalue weighted by Gasteiger charge is -2.16. The number of hydrogen-bond donors (Lipinski definition) is 4. The van der Waals surface area contributed by atoms with Crippen molar-refractivity contribution in [2.24, 2.45) is 7.05 Å². The Bertz CT molecular complexity index is 1410. The van der Waals surface area contributed by atoms with Gasteiger partial charge in [-0.2, -0.15) is 10.2 Å². The van der Waals surface area contributed by atoms with Gasteiger partial charge >= 0.3 is 0 Å². The molecule has 11 nitrogen and oxygen atoms in total. The monoisotopic (exact) mass is 442 g/mol. The zero-order chi connectivity index (χ0) is 22.8. The van der Waals surface area contributed by atoms with Gasteiger partial charge in [0.15, 0.2) is 23.0 Å². The molecule has 166 valence electrons. The Balaban J connectivity index is 1.60. The largest absolute Gasteiger partial charge is 0.494 e. The first-order valence-electron chi connectivity index (χ1n) is 10.2. The number of aromatic nitrogens is 7. The van der Waals surface area contributed by atoms with Crippen LogP contribution >= 0.6 is 0 Å². The van der Waals surface area contributed by atoms with Crippen LogP contribution in [0.2, 0.25) is 0 Å². The molecule has 0 bridgehead atoms. The van der Waals surface area contributed by atoms with Gasteiger partial charge in [0.05, 0.1) is 29.4 Å². The second kappa shape index (κ2) is 8.46. The number of H-pyrrole nitrogens is 1. The number of nitrogens with zero attached hydrogens (tertiary/aromatic N) is 6. The van der Waals surface area contributed by atoms with Crippen LogP contribution in [-0.4, -0.2) is 49.1 Å². The molecular weight excluding hydrogens is 420 g/mol. The Hall–Kier alpha value is -4.67. The summed E-state index contributed by atoms with van der Waals surface area (Å²) in [5.41, 5.74) is 2.92. The average Bonchev–Trinajstić information content (AvgIpc) is 3.45. The summed E-state index contributed by atoms with van der Waals surface area (Å²) in [6.45, 7) is 0. The van der Waals surface area contributed by atoms with E-state index in [0.717, 1.165) is 22.3 Å². The molecule has 0 amide bonds. The maximum Gasteiger partial charge on any atom is 0.184 e. The van der Waals surface area contributed by atoms with Crippen LogP contribution in [0.15, 0.2) is 55.0 Å². The molecular formula is C22H22N10O. The Morgan fingerprint density at radius 1 is 1.00 bits per heavy atom. The molecule has 0 unspecified atom stereocenters. The number of fused-ring (bicyclic) bond motifs is 1. The highest BCUT2D eigenvalue weighted by Crippen LogP contribution is 2.39. The molecule has 4 N–H and O–H groups in total. The fourth-order valence-corrected chi connectivity index (χ4v) is 3.58. The van der Waals surface area contributed by atoms with Crippen LogP contribution < -0.4 is 20.7 Å². The quantitative estimate of drug-likeness (QED) is 0.298. The lowest BCUT2D eigenvalue weighted by Crippen LogP contribution is -2.01. The Morgan fingerprint density at radius 2 is 1.91 bits per heavy atom. The first-order valence-corrected chi connectivity index (χ1v) is 10.2. The number of methoxy groups -OCH3 is 1. The number of pyridine rings is 2. The summed E-state index contributed by atoms with van der Waals surface area (Å²) >= 11 is 0. The van der Waals surface area contributed by atoms with Crippen LogP contribution in [0.5, 0.6) is 5.75 Å². The summed E-state index contributed by atoms with van der Waals surface area (Å²) in [5, 5.41) is 22.4. The molecule has 0 aliphatic heterocycles. The highest BCUT2D eigenvalue weighted by atomic mass is 16.5.